The van der Waals surface area contributed by atoms with Gasteiger partial charge in [0.25, 0.3) is 0 Å². The van der Waals surface area contributed by atoms with E-state index in [4.69, 9.17) is 9.47 Å². The van der Waals surface area contributed by atoms with E-state index in [2.05, 4.69) is 31.4 Å². The van der Waals surface area contributed by atoms with Crippen LogP contribution in [0.4, 0.5) is 16.2 Å². The van der Waals surface area contributed by atoms with Crippen LogP contribution in [0.25, 0.3) is 0 Å². The molecule has 2 unspecified atom stereocenters. The van der Waals surface area contributed by atoms with Crippen LogP contribution in [0.2, 0.25) is 0 Å². The molecule has 0 bridgehead atoms. The average molecular weight is 322 g/mol. The van der Waals surface area contributed by atoms with Crippen molar-refractivity contribution >= 4 is 17.5 Å². The fourth-order valence-corrected chi connectivity index (χ4v) is 2.03. The number of anilines is 2. The Morgan fingerprint density at radius 3 is 2.39 bits per heavy atom. The molecule has 5 nitrogen and oxygen atoms in total. The van der Waals surface area contributed by atoms with Crippen molar-refractivity contribution < 1.29 is 14.3 Å². The van der Waals surface area contributed by atoms with Crippen LogP contribution >= 0.6 is 0 Å². The van der Waals surface area contributed by atoms with E-state index < -0.39 is 11.7 Å². The summed E-state index contributed by atoms with van der Waals surface area (Å²) in [6, 6.07) is 5.78. The van der Waals surface area contributed by atoms with Gasteiger partial charge in [0.05, 0.1) is 18.5 Å². The second-order valence-corrected chi connectivity index (χ2v) is 6.86. The first kappa shape index (κ1) is 19.1. The second kappa shape index (κ2) is 8.09. The number of rotatable bonds is 6. The summed E-state index contributed by atoms with van der Waals surface area (Å²) in [4.78, 5) is 12.0. The van der Waals surface area contributed by atoms with Gasteiger partial charge in [-0.2, -0.15) is 0 Å². The van der Waals surface area contributed by atoms with Crippen LogP contribution in [-0.2, 0) is 4.74 Å². The largest absolute Gasteiger partial charge is 0.497 e. The van der Waals surface area contributed by atoms with Crippen molar-refractivity contribution in [2.75, 3.05) is 17.7 Å². The fourth-order valence-electron chi connectivity index (χ4n) is 2.03. The zero-order valence-corrected chi connectivity index (χ0v) is 15.3. The van der Waals surface area contributed by atoms with Crippen LogP contribution in [0.15, 0.2) is 18.2 Å². The minimum Gasteiger partial charge on any atom is -0.497 e. The van der Waals surface area contributed by atoms with Crippen LogP contribution in [0.3, 0.4) is 0 Å². The van der Waals surface area contributed by atoms with Gasteiger partial charge in [0.15, 0.2) is 0 Å². The van der Waals surface area contributed by atoms with Gasteiger partial charge in [-0.1, -0.05) is 20.3 Å². The maximum Gasteiger partial charge on any atom is 0.412 e. The zero-order valence-electron chi connectivity index (χ0n) is 15.3. The number of carbonyl (C=O) groups is 1. The van der Waals surface area contributed by atoms with Gasteiger partial charge < -0.3 is 14.8 Å². The molecule has 0 fully saturated rings. The molecule has 1 rings (SSSR count). The third-order valence-corrected chi connectivity index (χ3v) is 3.74. The minimum atomic E-state index is -0.534. The Morgan fingerprint density at radius 2 is 1.87 bits per heavy atom. The lowest BCUT2D eigenvalue weighted by Crippen LogP contribution is -2.28. The standard InChI is InChI=1S/C18H30N2O3/c1-8-12(2)13(3)19-16-11-14(22-7)9-10-15(16)20-17(21)23-18(4,5)6/h9-13,19H,8H2,1-7H3,(H,20,21). The van der Waals surface area contributed by atoms with E-state index in [0.717, 1.165) is 17.9 Å². The molecule has 130 valence electrons. The number of methoxy groups -OCH3 is 1. The Labute approximate surface area is 139 Å². The Hall–Kier alpha value is -1.91. The van der Waals surface area contributed by atoms with Crippen molar-refractivity contribution in [2.45, 2.75) is 59.6 Å². The first-order chi connectivity index (χ1) is 10.7. The van der Waals surface area contributed by atoms with E-state index in [9.17, 15) is 4.79 Å². The maximum absolute atomic E-state index is 12.0. The monoisotopic (exact) mass is 322 g/mol. The summed E-state index contributed by atoms with van der Waals surface area (Å²) in [5, 5.41) is 6.26. The molecule has 0 radical (unpaired) electrons. The molecule has 5 heteroatoms. The molecule has 1 amide bonds. The predicted molar refractivity (Wildman–Crippen MR) is 95.4 cm³/mol. The lowest BCUT2D eigenvalue weighted by atomic mass is 10.0. The highest BCUT2D eigenvalue weighted by Crippen LogP contribution is 2.29. The van der Waals surface area contributed by atoms with Crippen LogP contribution in [0.1, 0.15) is 48.0 Å². The number of benzene rings is 1. The molecule has 2 atom stereocenters. The Morgan fingerprint density at radius 1 is 1.22 bits per heavy atom. The molecule has 1 aromatic rings. The molecule has 0 aliphatic heterocycles. The predicted octanol–water partition coefficient (Wildman–Crippen LogP) is 4.89. The average Bonchev–Trinajstić information content (AvgIpc) is 2.46. The summed E-state index contributed by atoms with van der Waals surface area (Å²) in [5.74, 6) is 1.24. The first-order valence-corrected chi connectivity index (χ1v) is 8.10. The van der Waals surface area contributed by atoms with E-state index in [1.807, 2.05) is 39.0 Å². The Bertz CT molecular complexity index is 523. The molecule has 0 aromatic heterocycles. The fraction of sp³-hybridized carbons (Fsp3) is 0.611. The number of ether oxygens (including phenoxy) is 2. The quantitative estimate of drug-likeness (QED) is 0.783. The van der Waals surface area contributed by atoms with Gasteiger partial charge in [-0.3, -0.25) is 5.32 Å². The highest BCUT2D eigenvalue weighted by molar-refractivity contribution is 5.90. The summed E-state index contributed by atoms with van der Waals surface area (Å²) < 4.78 is 10.6. The van der Waals surface area contributed by atoms with Gasteiger partial charge in [0.2, 0.25) is 0 Å². The van der Waals surface area contributed by atoms with Crippen molar-refractivity contribution in [3.8, 4) is 5.75 Å². The van der Waals surface area contributed by atoms with E-state index in [-0.39, 0.29) is 6.04 Å². The van der Waals surface area contributed by atoms with Crippen molar-refractivity contribution in [3.05, 3.63) is 18.2 Å². The van der Waals surface area contributed by atoms with Crippen molar-refractivity contribution in [1.82, 2.24) is 0 Å². The van der Waals surface area contributed by atoms with Crippen LogP contribution in [0.5, 0.6) is 5.75 Å². The van der Waals surface area contributed by atoms with Gasteiger partial charge >= 0.3 is 6.09 Å². The molecular weight excluding hydrogens is 292 g/mol. The van der Waals surface area contributed by atoms with E-state index in [1.54, 1.807) is 7.11 Å². The smallest absolute Gasteiger partial charge is 0.412 e. The molecule has 0 aliphatic rings. The molecule has 0 aliphatic carbocycles. The number of nitrogens with one attached hydrogen (secondary N) is 2. The van der Waals surface area contributed by atoms with E-state index in [1.165, 1.54) is 0 Å². The molecule has 0 saturated carbocycles. The molecule has 0 spiro atoms. The summed E-state index contributed by atoms with van der Waals surface area (Å²) in [5.41, 5.74) is 0.965. The molecule has 0 saturated heterocycles. The van der Waals surface area contributed by atoms with Crippen molar-refractivity contribution in [2.24, 2.45) is 5.92 Å². The highest BCUT2D eigenvalue weighted by Gasteiger charge is 2.18. The van der Waals surface area contributed by atoms with Crippen molar-refractivity contribution in [3.63, 3.8) is 0 Å². The van der Waals surface area contributed by atoms with Crippen LogP contribution in [-0.4, -0.2) is 24.8 Å². The lowest BCUT2D eigenvalue weighted by molar-refractivity contribution is 0.0636. The topological polar surface area (TPSA) is 59.6 Å². The molecular formula is C18H30N2O3. The SMILES string of the molecule is CCC(C)C(C)Nc1cc(OC)ccc1NC(=O)OC(C)(C)C. The van der Waals surface area contributed by atoms with Gasteiger partial charge in [0.1, 0.15) is 11.4 Å². The van der Waals surface area contributed by atoms with Gasteiger partial charge in [0, 0.05) is 12.1 Å². The third-order valence-electron chi connectivity index (χ3n) is 3.74. The first-order valence-electron chi connectivity index (χ1n) is 8.10. The molecule has 2 N–H and O–H groups in total. The number of carbonyl (C=O) groups excluding carboxylic acids is 1. The van der Waals surface area contributed by atoms with Gasteiger partial charge in [-0.05, 0) is 45.7 Å². The summed E-state index contributed by atoms with van der Waals surface area (Å²) in [6.07, 6.45) is 0.606. The lowest BCUT2D eigenvalue weighted by Gasteiger charge is -2.24. The molecule has 1 aromatic carbocycles. The Balaban J connectivity index is 2.95. The molecule has 23 heavy (non-hydrogen) atoms. The number of hydrogen-bond donors (Lipinski definition) is 2. The summed E-state index contributed by atoms with van der Waals surface area (Å²) >= 11 is 0. The normalized spacial score (nSPS) is 13.9. The minimum absolute atomic E-state index is 0.270. The molecule has 0 heterocycles. The summed E-state index contributed by atoms with van der Waals surface area (Å²) in [6.45, 7) is 12.0. The summed E-state index contributed by atoms with van der Waals surface area (Å²) in [7, 11) is 1.62. The van der Waals surface area contributed by atoms with Crippen LogP contribution in [0, 0.1) is 5.92 Å². The van der Waals surface area contributed by atoms with E-state index >= 15 is 0 Å². The van der Waals surface area contributed by atoms with Gasteiger partial charge in [-0.25, -0.2) is 4.79 Å². The van der Waals surface area contributed by atoms with Crippen molar-refractivity contribution in [1.29, 1.82) is 0 Å². The van der Waals surface area contributed by atoms with E-state index in [0.29, 0.717) is 11.6 Å². The Kier molecular flexibility index (Phi) is 6.73. The zero-order chi connectivity index (χ0) is 17.6. The second-order valence-electron chi connectivity index (χ2n) is 6.86. The van der Waals surface area contributed by atoms with Crippen LogP contribution < -0.4 is 15.4 Å². The maximum atomic E-state index is 12.0. The number of hydrogen-bond acceptors (Lipinski definition) is 4. The highest BCUT2D eigenvalue weighted by atomic mass is 16.6. The third kappa shape index (κ3) is 6.38. The number of amides is 1. The van der Waals surface area contributed by atoms with Gasteiger partial charge in [-0.15, -0.1) is 0 Å².